The summed E-state index contributed by atoms with van der Waals surface area (Å²) in [6.07, 6.45) is 0. The molecule has 1 unspecified atom stereocenters. The van der Waals surface area contributed by atoms with E-state index in [-0.39, 0.29) is 24.7 Å². The molecule has 2 aromatic carbocycles. The first-order chi connectivity index (χ1) is 14.1. The number of aliphatic imine (C=N–C) groups is 1. The second-order valence-corrected chi connectivity index (χ2v) is 6.55. The highest BCUT2D eigenvalue weighted by Gasteiger charge is 2.52. The van der Waals surface area contributed by atoms with Crippen molar-refractivity contribution in [1.29, 1.82) is 0 Å². The maximum Gasteiger partial charge on any atom is 0.268 e. The average Bonchev–Trinajstić information content (AvgIpc) is 3.37. The molecular weight excluding hydrogens is 372 g/mol. The summed E-state index contributed by atoms with van der Waals surface area (Å²) in [6.45, 7) is 0.272. The summed E-state index contributed by atoms with van der Waals surface area (Å²) in [5.74, 6) is -0.395. The molecule has 0 fully saturated rings. The maximum atomic E-state index is 13.0. The molecule has 3 aromatic rings. The van der Waals surface area contributed by atoms with Crippen LogP contribution < -0.4 is 21.1 Å². The number of fused-ring (bicyclic) bond motifs is 1. The number of hydrogen-bond donors (Lipinski definition) is 4. The van der Waals surface area contributed by atoms with Crippen LogP contribution in [0.1, 0.15) is 11.4 Å². The Kier molecular flexibility index (Phi) is 4.73. The number of nitrogens with two attached hydrogens (primary N) is 1. The number of nitrogens with one attached hydrogen (secondary N) is 3. The number of primary amides is 1. The number of carbonyl (C=O) groups is 2. The van der Waals surface area contributed by atoms with Crippen LogP contribution in [0.3, 0.4) is 0 Å². The Bertz CT molecular complexity index is 1090. The number of para-hydroxylation sites is 3. The fraction of sp³-hybridized carbons (Fsp3) is 0.200. The van der Waals surface area contributed by atoms with Crippen LogP contribution in [0.4, 0.5) is 0 Å². The molecule has 9 nitrogen and oxygen atoms in total. The first kappa shape index (κ1) is 18.6. The quantitative estimate of drug-likeness (QED) is 0.486. The van der Waals surface area contributed by atoms with E-state index in [1.807, 2.05) is 36.4 Å². The first-order valence-corrected chi connectivity index (χ1v) is 9.01. The van der Waals surface area contributed by atoms with Gasteiger partial charge < -0.3 is 20.8 Å². The molecule has 148 valence electrons. The second-order valence-electron chi connectivity index (χ2n) is 6.55. The van der Waals surface area contributed by atoms with Gasteiger partial charge in [-0.15, -0.1) is 0 Å². The molecule has 1 atom stereocenters. The number of benzene rings is 2. The maximum absolute atomic E-state index is 13.0. The average molecular weight is 392 g/mol. The van der Waals surface area contributed by atoms with Gasteiger partial charge in [-0.2, -0.15) is 0 Å². The lowest BCUT2D eigenvalue weighted by Crippen LogP contribution is -2.59. The number of aromatic amines is 1. The number of ether oxygens (including phenoxy) is 1. The third-order valence-corrected chi connectivity index (χ3v) is 4.90. The van der Waals surface area contributed by atoms with Crippen molar-refractivity contribution in [2.45, 2.75) is 12.1 Å². The minimum atomic E-state index is -1.64. The van der Waals surface area contributed by atoms with E-state index in [4.69, 9.17) is 10.5 Å². The highest BCUT2D eigenvalue weighted by Crippen LogP contribution is 2.27. The minimum absolute atomic E-state index is 0.0287. The molecule has 4 rings (SSSR count). The number of amides is 2. The van der Waals surface area contributed by atoms with E-state index in [1.54, 1.807) is 19.2 Å². The van der Waals surface area contributed by atoms with Gasteiger partial charge in [0.2, 0.25) is 5.54 Å². The topological polar surface area (TPSA) is 134 Å². The van der Waals surface area contributed by atoms with E-state index < -0.39 is 17.4 Å². The number of methoxy groups -OCH3 is 1. The van der Waals surface area contributed by atoms with Crippen LogP contribution >= 0.6 is 0 Å². The molecule has 5 N–H and O–H groups in total. The lowest BCUT2D eigenvalue weighted by Gasteiger charge is -2.25. The Hall–Kier alpha value is -3.72. The van der Waals surface area contributed by atoms with Gasteiger partial charge in [0.05, 0.1) is 24.8 Å². The van der Waals surface area contributed by atoms with Gasteiger partial charge in [0, 0.05) is 12.1 Å². The zero-order valence-corrected chi connectivity index (χ0v) is 15.7. The molecule has 1 aromatic heterocycles. The van der Waals surface area contributed by atoms with E-state index in [2.05, 4.69) is 25.6 Å². The van der Waals surface area contributed by atoms with E-state index in [1.165, 1.54) is 0 Å². The number of H-pyrrole nitrogens is 1. The molecule has 0 saturated heterocycles. The van der Waals surface area contributed by atoms with Crippen molar-refractivity contribution in [3.63, 3.8) is 0 Å². The van der Waals surface area contributed by atoms with Crippen molar-refractivity contribution < 1.29 is 14.3 Å². The molecule has 0 bridgehead atoms. The van der Waals surface area contributed by atoms with Crippen LogP contribution in [0.25, 0.3) is 11.0 Å². The van der Waals surface area contributed by atoms with Crippen molar-refractivity contribution in [2.75, 3.05) is 13.8 Å². The molecule has 2 amide bonds. The van der Waals surface area contributed by atoms with Gasteiger partial charge in [-0.3, -0.25) is 19.9 Å². The summed E-state index contributed by atoms with van der Waals surface area (Å²) in [4.78, 5) is 37.2. The molecule has 0 spiro atoms. The predicted octanol–water partition coefficient (Wildman–Crippen LogP) is 0.570. The van der Waals surface area contributed by atoms with E-state index in [9.17, 15) is 9.59 Å². The van der Waals surface area contributed by atoms with E-state index in [0.717, 1.165) is 11.1 Å². The minimum Gasteiger partial charge on any atom is -0.496 e. The fourth-order valence-corrected chi connectivity index (χ4v) is 3.44. The molecule has 1 aliphatic rings. The number of hydrogen-bond acceptors (Lipinski definition) is 6. The van der Waals surface area contributed by atoms with E-state index in [0.29, 0.717) is 11.3 Å². The van der Waals surface area contributed by atoms with Gasteiger partial charge in [-0.05, 0) is 18.2 Å². The highest BCUT2D eigenvalue weighted by atomic mass is 16.5. The second kappa shape index (κ2) is 7.36. The van der Waals surface area contributed by atoms with Crippen molar-refractivity contribution in [3.8, 4) is 5.75 Å². The Morgan fingerprint density at radius 1 is 1.21 bits per heavy atom. The number of aromatic nitrogens is 2. The van der Waals surface area contributed by atoms with Gasteiger partial charge in [-0.25, -0.2) is 4.98 Å². The summed E-state index contributed by atoms with van der Waals surface area (Å²) in [5, 5.41) is 5.73. The summed E-state index contributed by atoms with van der Waals surface area (Å²) in [5.41, 5.74) is 6.24. The number of rotatable bonds is 6. The zero-order chi connectivity index (χ0) is 20.4. The first-order valence-electron chi connectivity index (χ1n) is 9.01. The van der Waals surface area contributed by atoms with Crippen molar-refractivity contribution in [1.82, 2.24) is 20.6 Å². The normalized spacial score (nSPS) is 18.4. The third-order valence-electron chi connectivity index (χ3n) is 4.90. The molecule has 0 saturated carbocycles. The summed E-state index contributed by atoms with van der Waals surface area (Å²) < 4.78 is 5.30. The van der Waals surface area contributed by atoms with Gasteiger partial charge in [0.25, 0.3) is 11.8 Å². The van der Waals surface area contributed by atoms with Crippen molar-refractivity contribution >= 4 is 28.6 Å². The molecule has 1 aliphatic heterocycles. The van der Waals surface area contributed by atoms with Crippen LogP contribution in [0, 0.1) is 0 Å². The Labute approximate surface area is 166 Å². The Morgan fingerprint density at radius 2 is 1.97 bits per heavy atom. The lowest BCUT2D eigenvalue weighted by molar-refractivity contribution is -0.123. The number of imidazole rings is 1. The predicted molar refractivity (Wildman–Crippen MR) is 107 cm³/mol. The SMILES string of the molecule is COc1ccccc1CNC(=O)C1=NCNC1(C(N)=O)c1nc2ccccc2[nH]1. The molecule has 0 radical (unpaired) electrons. The standard InChI is InChI=1S/C20H20N6O3/c1-29-15-9-5-2-6-12(15)10-22-17(27)16-20(18(21)28,24-11-23-16)19-25-13-7-3-4-8-14(13)26-19/h2-9,24H,10-11H2,1H3,(H2,21,28)(H,22,27)(H,25,26). The summed E-state index contributed by atoms with van der Waals surface area (Å²) in [6, 6.07) is 14.6. The largest absolute Gasteiger partial charge is 0.496 e. The van der Waals surface area contributed by atoms with Gasteiger partial charge in [0.15, 0.2) is 0 Å². The summed E-state index contributed by atoms with van der Waals surface area (Å²) in [7, 11) is 1.56. The lowest BCUT2D eigenvalue weighted by atomic mass is 9.91. The van der Waals surface area contributed by atoms with Crippen LogP contribution in [0.5, 0.6) is 5.75 Å². The van der Waals surface area contributed by atoms with Crippen molar-refractivity contribution in [3.05, 3.63) is 59.9 Å². The van der Waals surface area contributed by atoms with Crippen LogP contribution in [-0.4, -0.2) is 41.3 Å². The van der Waals surface area contributed by atoms with Crippen molar-refractivity contribution in [2.24, 2.45) is 10.7 Å². The van der Waals surface area contributed by atoms with Gasteiger partial charge >= 0.3 is 0 Å². The summed E-state index contributed by atoms with van der Waals surface area (Å²) >= 11 is 0. The number of nitrogens with zero attached hydrogens (tertiary/aromatic N) is 2. The molecular formula is C20H20N6O3. The number of carbonyl (C=O) groups excluding carboxylic acids is 2. The fourth-order valence-electron chi connectivity index (χ4n) is 3.44. The Morgan fingerprint density at radius 3 is 2.72 bits per heavy atom. The molecule has 29 heavy (non-hydrogen) atoms. The smallest absolute Gasteiger partial charge is 0.268 e. The van der Waals surface area contributed by atoms with Crippen LogP contribution in [-0.2, 0) is 21.7 Å². The third kappa shape index (κ3) is 3.11. The van der Waals surface area contributed by atoms with Crippen LogP contribution in [0.15, 0.2) is 53.5 Å². The van der Waals surface area contributed by atoms with E-state index >= 15 is 0 Å². The van der Waals surface area contributed by atoms with Gasteiger partial charge in [0.1, 0.15) is 17.3 Å². The molecule has 9 heteroatoms. The molecule has 0 aliphatic carbocycles. The molecule has 2 heterocycles. The zero-order valence-electron chi connectivity index (χ0n) is 15.7. The Balaban J connectivity index is 1.64. The van der Waals surface area contributed by atoms with Gasteiger partial charge in [-0.1, -0.05) is 30.3 Å². The van der Waals surface area contributed by atoms with Crippen LogP contribution in [0.2, 0.25) is 0 Å². The monoisotopic (exact) mass is 392 g/mol. The highest BCUT2D eigenvalue weighted by molar-refractivity contribution is 6.46.